The largest absolute Gasteiger partial charge is 0.294 e. The van der Waals surface area contributed by atoms with Crippen molar-refractivity contribution in [2.24, 2.45) is 0 Å². The Morgan fingerprint density at radius 2 is 2.00 bits per heavy atom. The molecule has 0 aliphatic heterocycles. The van der Waals surface area contributed by atoms with Gasteiger partial charge in [-0.05, 0) is 13.0 Å². The van der Waals surface area contributed by atoms with E-state index in [1.54, 1.807) is 0 Å². The molecular formula is C7H7NO5S. The summed E-state index contributed by atoms with van der Waals surface area (Å²) in [6.45, 7) is 1.48. The average molecular weight is 217 g/mol. The van der Waals surface area contributed by atoms with Gasteiger partial charge in [0.2, 0.25) is 0 Å². The summed E-state index contributed by atoms with van der Waals surface area (Å²) in [5.41, 5.74) is 0.00234. The second-order valence-corrected chi connectivity index (χ2v) is 4.10. The zero-order valence-electron chi connectivity index (χ0n) is 7.17. The fraction of sp³-hybridized carbons (Fsp3) is 0.143. The lowest BCUT2D eigenvalue weighted by Gasteiger charge is -1.99. The summed E-state index contributed by atoms with van der Waals surface area (Å²) in [5, 5.41) is 10.4. The minimum Gasteiger partial charge on any atom is -0.282 e. The molecule has 0 fully saturated rings. The Morgan fingerprint density at radius 3 is 2.43 bits per heavy atom. The van der Waals surface area contributed by atoms with Gasteiger partial charge in [-0.1, -0.05) is 6.07 Å². The summed E-state index contributed by atoms with van der Waals surface area (Å²) >= 11 is 0. The molecule has 0 spiro atoms. The third-order valence-corrected chi connectivity index (χ3v) is 2.52. The van der Waals surface area contributed by atoms with Crippen molar-refractivity contribution in [2.75, 3.05) is 0 Å². The minimum absolute atomic E-state index is 0.333. The number of benzene rings is 1. The topological polar surface area (TPSA) is 97.5 Å². The molecule has 7 heteroatoms. The van der Waals surface area contributed by atoms with Crippen molar-refractivity contribution in [1.29, 1.82) is 0 Å². The van der Waals surface area contributed by atoms with Crippen LogP contribution in [0.15, 0.2) is 23.1 Å². The smallest absolute Gasteiger partial charge is 0.282 e. The van der Waals surface area contributed by atoms with Crippen LogP contribution in [0.4, 0.5) is 5.69 Å². The number of nitrogens with zero attached hydrogens (tertiary/aromatic N) is 1. The second kappa shape index (κ2) is 3.35. The monoisotopic (exact) mass is 217 g/mol. The number of rotatable bonds is 2. The first-order valence-electron chi connectivity index (χ1n) is 3.55. The fourth-order valence-corrected chi connectivity index (χ4v) is 1.45. The van der Waals surface area contributed by atoms with E-state index >= 15 is 0 Å². The van der Waals surface area contributed by atoms with Gasteiger partial charge in [-0.25, -0.2) is 0 Å². The number of nitro benzene ring substituents is 1. The molecule has 0 aliphatic carbocycles. The van der Waals surface area contributed by atoms with Crippen molar-refractivity contribution in [3.05, 3.63) is 33.9 Å². The normalized spacial score (nSPS) is 11.3. The van der Waals surface area contributed by atoms with Gasteiger partial charge in [0, 0.05) is 11.6 Å². The van der Waals surface area contributed by atoms with Crippen LogP contribution in [-0.2, 0) is 10.1 Å². The van der Waals surface area contributed by atoms with Crippen LogP contribution in [0.25, 0.3) is 0 Å². The number of hydrogen-bond acceptors (Lipinski definition) is 4. The van der Waals surface area contributed by atoms with Gasteiger partial charge in [-0.15, -0.1) is 0 Å². The molecule has 14 heavy (non-hydrogen) atoms. The third kappa shape index (κ3) is 2.06. The van der Waals surface area contributed by atoms with Crippen molar-refractivity contribution in [3.8, 4) is 0 Å². The quantitative estimate of drug-likeness (QED) is 0.455. The van der Waals surface area contributed by atoms with Gasteiger partial charge in [-0.3, -0.25) is 14.7 Å². The lowest BCUT2D eigenvalue weighted by atomic mass is 10.2. The molecule has 1 N–H and O–H groups in total. The van der Waals surface area contributed by atoms with Crippen LogP contribution in [0.2, 0.25) is 0 Å². The van der Waals surface area contributed by atoms with E-state index in [9.17, 15) is 18.5 Å². The Bertz CT molecular complexity index is 479. The molecule has 0 atom stereocenters. The van der Waals surface area contributed by atoms with Crippen molar-refractivity contribution in [2.45, 2.75) is 11.8 Å². The molecule has 0 heterocycles. The highest BCUT2D eigenvalue weighted by Crippen LogP contribution is 2.21. The van der Waals surface area contributed by atoms with Crippen molar-refractivity contribution >= 4 is 15.8 Å². The molecule has 1 rings (SSSR count). The van der Waals surface area contributed by atoms with Gasteiger partial charge >= 0.3 is 0 Å². The molecule has 0 bridgehead atoms. The van der Waals surface area contributed by atoms with E-state index in [4.69, 9.17) is 4.55 Å². The van der Waals surface area contributed by atoms with E-state index in [0.29, 0.717) is 5.56 Å². The van der Waals surface area contributed by atoms with Crippen LogP contribution in [0.5, 0.6) is 0 Å². The van der Waals surface area contributed by atoms with E-state index < -0.39 is 19.9 Å². The molecule has 0 aliphatic rings. The van der Waals surface area contributed by atoms with Gasteiger partial charge in [0.25, 0.3) is 15.8 Å². The first-order valence-corrected chi connectivity index (χ1v) is 4.99. The highest BCUT2D eigenvalue weighted by atomic mass is 32.2. The lowest BCUT2D eigenvalue weighted by Crippen LogP contribution is -2.00. The first-order chi connectivity index (χ1) is 6.32. The lowest BCUT2D eigenvalue weighted by molar-refractivity contribution is -0.385. The van der Waals surface area contributed by atoms with Gasteiger partial charge in [0.1, 0.15) is 4.90 Å². The maximum atomic E-state index is 10.7. The summed E-state index contributed by atoms with van der Waals surface area (Å²) < 4.78 is 29.9. The predicted octanol–water partition coefficient (Wildman–Crippen LogP) is 1.15. The number of aryl methyl sites for hydroxylation is 1. The molecule has 0 radical (unpaired) electrons. The van der Waals surface area contributed by atoms with Crippen LogP contribution < -0.4 is 0 Å². The molecule has 0 saturated carbocycles. The fourth-order valence-electron chi connectivity index (χ4n) is 0.946. The van der Waals surface area contributed by atoms with E-state index in [0.717, 1.165) is 12.1 Å². The van der Waals surface area contributed by atoms with E-state index in [2.05, 4.69) is 0 Å². The van der Waals surface area contributed by atoms with Crippen LogP contribution >= 0.6 is 0 Å². The van der Waals surface area contributed by atoms with Gasteiger partial charge in [0.05, 0.1) is 4.92 Å². The molecule has 76 valence electrons. The second-order valence-electron chi connectivity index (χ2n) is 2.68. The summed E-state index contributed by atoms with van der Waals surface area (Å²) in [7, 11) is -4.38. The van der Waals surface area contributed by atoms with Crippen molar-refractivity contribution in [1.82, 2.24) is 0 Å². The molecule has 6 nitrogen and oxygen atoms in total. The van der Waals surface area contributed by atoms with Gasteiger partial charge < -0.3 is 0 Å². The average Bonchev–Trinajstić information content (AvgIpc) is 2.02. The Kier molecular flexibility index (Phi) is 2.54. The van der Waals surface area contributed by atoms with Crippen LogP contribution in [0.3, 0.4) is 0 Å². The SMILES string of the molecule is Cc1ccc(S(=O)(=O)O)cc1[N+](=O)[O-]. The molecule has 0 amide bonds. The minimum atomic E-state index is -4.38. The zero-order valence-corrected chi connectivity index (χ0v) is 7.98. The summed E-state index contributed by atoms with van der Waals surface area (Å²) in [5.74, 6) is 0. The van der Waals surface area contributed by atoms with E-state index in [1.807, 2.05) is 0 Å². The standard InChI is InChI=1S/C7H7NO5S/c1-5-2-3-6(14(11,12)13)4-7(5)8(9)10/h2-4H,1H3,(H,11,12,13). The molecule has 0 aromatic heterocycles. The summed E-state index contributed by atoms with van der Waals surface area (Å²) in [6, 6.07) is 3.20. The summed E-state index contributed by atoms with van der Waals surface area (Å²) in [6.07, 6.45) is 0. The molecule has 0 saturated heterocycles. The zero-order chi connectivity index (χ0) is 10.9. The molecule has 0 unspecified atom stereocenters. The van der Waals surface area contributed by atoms with E-state index in [-0.39, 0.29) is 5.69 Å². The number of hydrogen-bond donors (Lipinski definition) is 1. The Hall–Kier alpha value is -1.47. The Balaban J connectivity index is 3.42. The maximum absolute atomic E-state index is 10.7. The Labute approximate surface area is 80.1 Å². The highest BCUT2D eigenvalue weighted by molar-refractivity contribution is 7.85. The number of nitro groups is 1. The van der Waals surface area contributed by atoms with Crippen molar-refractivity contribution in [3.63, 3.8) is 0 Å². The van der Waals surface area contributed by atoms with Crippen LogP contribution in [0.1, 0.15) is 5.56 Å². The van der Waals surface area contributed by atoms with Gasteiger partial charge in [0.15, 0.2) is 0 Å². The third-order valence-electron chi connectivity index (χ3n) is 1.68. The summed E-state index contributed by atoms with van der Waals surface area (Å²) in [4.78, 5) is 9.25. The Morgan fingerprint density at radius 1 is 1.43 bits per heavy atom. The van der Waals surface area contributed by atoms with Gasteiger partial charge in [-0.2, -0.15) is 8.42 Å². The molecule has 1 aromatic carbocycles. The molecule has 1 aromatic rings. The maximum Gasteiger partial charge on any atom is 0.294 e. The first kappa shape index (κ1) is 10.6. The van der Waals surface area contributed by atoms with Crippen LogP contribution in [0, 0.1) is 17.0 Å². The molecular weight excluding hydrogens is 210 g/mol. The highest BCUT2D eigenvalue weighted by Gasteiger charge is 2.16. The van der Waals surface area contributed by atoms with Crippen molar-refractivity contribution < 1.29 is 17.9 Å². The predicted molar refractivity (Wildman–Crippen MR) is 47.6 cm³/mol. The van der Waals surface area contributed by atoms with Crippen LogP contribution in [-0.4, -0.2) is 17.9 Å². The van der Waals surface area contributed by atoms with E-state index in [1.165, 1.54) is 13.0 Å².